The quantitative estimate of drug-likeness (QED) is 0.535. The second-order valence-electron chi connectivity index (χ2n) is 9.84. The van der Waals surface area contributed by atoms with Gasteiger partial charge < -0.3 is 9.53 Å². The molecule has 2 aromatic carbocycles. The van der Waals surface area contributed by atoms with Crippen LogP contribution in [0.4, 0.5) is 4.39 Å². The average molecular weight is 469 g/mol. The molecule has 1 saturated carbocycles. The molecule has 33 heavy (non-hydrogen) atoms. The van der Waals surface area contributed by atoms with E-state index in [1.54, 1.807) is 0 Å². The lowest BCUT2D eigenvalue weighted by Gasteiger charge is -2.57. The van der Waals surface area contributed by atoms with Gasteiger partial charge in [-0.1, -0.05) is 81.4 Å². The number of nitrogens with one attached hydrogen (secondary N) is 1. The predicted octanol–water partition coefficient (Wildman–Crippen LogP) is 1.35. The average Bonchev–Trinajstić information content (AvgIpc) is 2.78. The molecule has 1 fully saturated rings. The van der Waals surface area contributed by atoms with Gasteiger partial charge in [-0.15, -0.1) is 0 Å². The van der Waals surface area contributed by atoms with Gasteiger partial charge in [-0.2, -0.15) is 4.39 Å². The van der Waals surface area contributed by atoms with E-state index in [0.717, 1.165) is 21.1 Å². The van der Waals surface area contributed by atoms with Gasteiger partial charge in [-0.05, 0) is 28.1 Å². The molecule has 4 rings (SSSR count). The standard InChI is InChI=1S/C25H29FN2O4Si/c1-24(2,3)19-14-25(21(19)29,28-15-20(26)22(30)27-23(28)31)16-32-33(17-10-6-4-7-11-17)18-12-8-5-9-13-18/h4-13,15,19,21,29,33H,14,16H2,1-3H3,(H,27,30,31)/t19-,21+,25-/m1/s1. The SMILES string of the molecule is CC(C)(C)[C@@H]1C[C@](CO[SiH](c2ccccc2)c2ccccc2)(n2cc(F)c(=O)[nH]c2=O)[C@H]1O. The Kier molecular flexibility index (Phi) is 6.26. The highest BCUT2D eigenvalue weighted by Gasteiger charge is 2.59. The first kappa shape index (κ1) is 23.3. The number of hydrogen-bond acceptors (Lipinski definition) is 4. The summed E-state index contributed by atoms with van der Waals surface area (Å²) in [4.78, 5) is 26.4. The van der Waals surface area contributed by atoms with E-state index in [-0.39, 0.29) is 17.9 Å². The van der Waals surface area contributed by atoms with Gasteiger partial charge in [-0.25, -0.2) is 4.79 Å². The highest BCUT2D eigenvalue weighted by atomic mass is 28.3. The predicted molar refractivity (Wildman–Crippen MR) is 128 cm³/mol. The zero-order chi connectivity index (χ0) is 23.8. The van der Waals surface area contributed by atoms with Crippen molar-refractivity contribution in [1.82, 2.24) is 9.55 Å². The molecule has 3 aromatic rings. The van der Waals surface area contributed by atoms with Crippen molar-refractivity contribution in [3.8, 4) is 0 Å². The number of nitrogens with zero attached hydrogens (tertiary/aromatic N) is 1. The molecule has 1 heterocycles. The second-order valence-corrected chi connectivity index (χ2v) is 12.3. The molecule has 8 heteroatoms. The molecule has 3 atom stereocenters. The summed E-state index contributed by atoms with van der Waals surface area (Å²) in [6.07, 6.45) is 0.379. The summed E-state index contributed by atoms with van der Waals surface area (Å²) in [5, 5.41) is 13.4. The summed E-state index contributed by atoms with van der Waals surface area (Å²) in [5.74, 6) is -1.18. The molecule has 0 amide bonds. The molecule has 0 radical (unpaired) electrons. The monoisotopic (exact) mass is 468 g/mol. The lowest BCUT2D eigenvalue weighted by molar-refractivity contribution is -0.163. The Morgan fingerprint density at radius 1 is 1.09 bits per heavy atom. The van der Waals surface area contributed by atoms with Crippen molar-refractivity contribution in [1.29, 1.82) is 0 Å². The second kappa shape index (κ2) is 8.85. The van der Waals surface area contributed by atoms with E-state index >= 15 is 0 Å². The van der Waals surface area contributed by atoms with Crippen molar-refractivity contribution in [3.63, 3.8) is 0 Å². The van der Waals surface area contributed by atoms with Crippen LogP contribution in [0.5, 0.6) is 0 Å². The summed E-state index contributed by atoms with van der Waals surface area (Å²) in [6.45, 7) is 6.08. The molecule has 1 aliphatic carbocycles. The fraction of sp³-hybridized carbons (Fsp3) is 0.360. The maximum Gasteiger partial charge on any atom is 0.329 e. The number of aliphatic hydroxyl groups is 1. The zero-order valence-corrected chi connectivity index (χ0v) is 20.1. The Balaban J connectivity index is 1.74. The van der Waals surface area contributed by atoms with Gasteiger partial charge in [0.15, 0.2) is 0 Å². The normalized spacial score (nSPS) is 22.8. The molecule has 1 aliphatic rings. The van der Waals surface area contributed by atoms with Crippen molar-refractivity contribution in [2.45, 2.75) is 38.8 Å². The van der Waals surface area contributed by atoms with Gasteiger partial charge in [-0.3, -0.25) is 14.3 Å². The third kappa shape index (κ3) is 4.38. The van der Waals surface area contributed by atoms with E-state index in [9.17, 15) is 19.1 Å². The minimum Gasteiger partial charge on any atom is -0.408 e. The van der Waals surface area contributed by atoms with Gasteiger partial charge in [0.25, 0.3) is 5.56 Å². The van der Waals surface area contributed by atoms with Crippen molar-refractivity contribution < 1.29 is 13.9 Å². The van der Waals surface area contributed by atoms with E-state index in [0.29, 0.717) is 6.42 Å². The lowest BCUT2D eigenvalue weighted by atomic mass is 9.56. The van der Waals surface area contributed by atoms with Crippen molar-refractivity contribution in [2.24, 2.45) is 11.3 Å². The summed E-state index contributed by atoms with van der Waals surface area (Å²) >= 11 is 0. The van der Waals surface area contributed by atoms with Crippen LogP contribution in [0.25, 0.3) is 0 Å². The zero-order valence-electron chi connectivity index (χ0n) is 19.0. The van der Waals surface area contributed by atoms with Crippen LogP contribution in [0.2, 0.25) is 0 Å². The van der Waals surface area contributed by atoms with Gasteiger partial charge >= 0.3 is 5.69 Å². The third-order valence-electron chi connectivity index (χ3n) is 6.70. The van der Waals surface area contributed by atoms with Gasteiger partial charge in [0, 0.05) is 0 Å². The lowest BCUT2D eigenvalue weighted by Crippen LogP contribution is -2.68. The minimum absolute atomic E-state index is 0.0206. The van der Waals surface area contributed by atoms with E-state index in [2.05, 4.69) is 0 Å². The summed E-state index contributed by atoms with van der Waals surface area (Å²) < 4.78 is 21.9. The van der Waals surface area contributed by atoms with Crippen molar-refractivity contribution >= 4 is 19.4 Å². The summed E-state index contributed by atoms with van der Waals surface area (Å²) in [5.41, 5.74) is -3.22. The Hall–Kier alpha value is -2.81. The number of rotatable bonds is 6. The Morgan fingerprint density at radius 2 is 1.64 bits per heavy atom. The number of halogens is 1. The van der Waals surface area contributed by atoms with Gasteiger partial charge in [0.05, 0.1) is 24.4 Å². The number of H-pyrrole nitrogens is 1. The molecule has 0 spiro atoms. The molecule has 6 nitrogen and oxygen atoms in total. The molecule has 1 aromatic heterocycles. The van der Waals surface area contributed by atoms with Crippen LogP contribution in [0.1, 0.15) is 27.2 Å². The first-order chi connectivity index (χ1) is 15.6. The fourth-order valence-electron chi connectivity index (χ4n) is 4.71. The van der Waals surface area contributed by atoms with E-state index in [1.807, 2.05) is 86.4 Å². The van der Waals surface area contributed by atoms with Crippen LogP contribution >= 0.6 is 0 Å². The van der Waals surface area contributed by atoms with E-state index in [4.69, 9.17) is 4.43 Å². The van der Waals surface area contributed by atoms with Gasteiger partial charge in [0.1, 0.15) is 0 Å². The molecular formula is C25H29FN2O4Si. The number of aliphatic hydroxyl groups excluding tert-OH is 1. The van der Waals surface area contributed by atoms with Crippen LogP contribution in [0.15, 0.2) is 76.4 Å². The smallest absolute Gasteiger partial charge is 0.329 e. The minimum atomic E-state index is -2.17. The highest BCUT2D eigenvalue weighted by Crippen LogP contribution is 2.51. The Morgan fingerprint density at radius 3 is 2.12 bits per heavy atom. The number of benzene rings is 2. The largest absolute Gasteiger partial charge is 0.408 e. The van der Waals surface area contributed by atoms with Gasteiger partial charge in [0.2, 0.25) is 14.9 Å². The first-order valence-electron chi connectivity index (χ1n) is 11.0. The highest BCUT2D eigenvalue weighted by molar-refractivity contribution is 6.80. The maximum absolute atomic E-state index is 14.2. The van der Waals surface area contributed by atoms with E-state index < -0.39 is 37.7 Å². The van der Waals surface area contributed by atoms with Crippen LogP contribution in [-0.2, 0) is 9.96 Å². The Bertz CT molecular complexity index is 1180. The first-order valence-corrected chi connectivity index (χ1v) is 12.7. The molecule has 174 valence electrons. The maximum atomic E-state index is 14.2. The summed E-state index contributed by atoms with van der Waals surface area (Å²) in [7, 11) is -2.17. The fourth-order valence-corrected chi connectivity index (χ4v) is 7.08. The summed E-state index contributed by atoms with van der Waals surface area (Å²) in [6, 6.07) is 19.7. The third-order valence-corrected chi connectivity index (χ3v) is 9.18. The molecular weight excluding hydrogens is 439 g/mol. The molecule has 0 unspecified atom stereocenters. The molecule has 0 bridgehead atoms. The number of hydrogen-bond donors (Lipinski definition) is 2. The van der Waals surface area contributed by atoms with Crippen molar-refractivity contribution in [2.75, 3.05) is 6.61 Å². The van der Waals surface area contributed by atoms with Crippen LogP contribution in [0.3, 0.4) is 0 Å². The Labute approximate surface area is 193 Å². The topological polar surface area (TPSA) is 84.3 Å². The molecule has 0 saturated heterocycles. The number of aromatic nitrogens is 2. The van der Waals surface area contributed by atoms with Crippen molar-refractivity contribution in [3.05, 3.63) is 93.5 Å². The van der Waals surface area contributed by atoms with Crippen LogP contribution in [-0.4, -0.2) is 36.4 Å². The molecule has 2 N–H and O–H groups in total. The molecule has 0 aliphatic heterocycles. The van der Waals surface area contributed by atoms with E-state index in [1.165, 1.54) is 0 Å². The van der Waals surface area contributed by atoms with Crippen LogP contribution in [0, 0.1) is 17.2 Å². The number of aromatic amines is 1. The van der Waals surface area contributed by atoms with Crippen LogP contribution < -0.4 is 21.6 Å².